The third-order valence-corrected chi connectivity index (χ3v) is 3.23. The summed E-state index contributed by atoms with van der Waals surface area (Å²) >= 11 is 0. The minimum Gasteiger partial charge on any atom is -0.478 e. The standard InChI is InChI=1S/C16H18N4O/c1-2-21-16-9-5-8-14(19-16)20-13-7-4-3-6-12(13)18-15(20)10-11-17/h3-9H,2,10-11,17H2,1H3. The quantitative estimate of drug-likeness (QED) is 0.780. The van der Waals surface area contributed by atoms with Gasteiger partial charge in [-0.25, -0.2) is 4.98 Å². The van der Waals surface area contributed by atoms with E-state index in [1.54, 1.807) is 0 Å². The fourth-order valence-corrected chi connectivity index (χ4v) is 2.39. The van der Waals surface area contributed by atoms with Crippen LogP contribution in [0.2, 0.25) is 0 Å². The van der Waals surface area contributed by atoms with Crippen LogP contribution in [0.25, 0.3) is 16.9 Å². The molecule has 0 saturated heterocycles. The summed E-state index contributed by atoms with van der Waals surface area (Å²) in [5.74, 6) is 2.34. The van der Waals surface area contributed by atoms with Crippen molar-refractivity contribution in [2.24, 2.45) is 5.73 Å². The van der Waals surface area contributed by atoms with Crippen molar-refractivity contribution in [1.82, 2.24) is 14.5 Å². The zero-order valence-electron chi connectivity index (χ0n) is 12.0. The smallest absolute Gasteiger partial charge is 0.215 e. The predicted octanol–water partition coefficient (Wildman–Crippen LogP) is 2.32. The fraction of sp³-hybridized carbons (Fsp3) is 0.250. The first-order chi connectivity index (χ1) is 10.3. The molecule has 1 aromatic carbocycles. The lowest BCUT2D eigenvalue weighted by Gasteiger charge is -2.09. The molecule has 0 radical (unpaired) electrons. The van der Waals surface area contributed by atoms with Crippen molar-refractivity contribution >= 4 is 11.0 Å². The number of para-hydroxylation sites is 2. The molecule has 21 heavy (non-hydrogen) atoms. The predicted molar refractivity (Wildman–Crippen MR) is 82.8 cm³/mol. The highest BCUT2D eigenvalue weighted by atomic mass is 16.5. The number of nitrogens with zero attached hydrogens (tertiary/aromatic N) is 3. The van der Waals surface area contributed by atoms with Crippen LogP contribution in [0.4, 0.5) is 0 Å². The number of nitrogens with two attached hydrogens (primary N) is 1. The number of hydrogen-bond donors (Lipinski definition) is 1. The summed E-state index contributed by atoms with van der Waals surface area (Å²) in [4.78, 5) is 9.21. The molecule has 0 atom stereocenters. The molecule has 0 spiro atoms. The molecule has 5 nitrogen and oxygen atoms in total. The Kier molecular flexibility index (Phi) is 3.83. The van der Waals surface area contributed by atoms with E-state index in [9.17, 15) is 0 Å². The van der Waals surface area contributed by atoms with Crippen LogP contribution in [0.5, 0.6) is 5.88 Å². The molecule has 0 aliphatic heterocycles. The minimum absolute atomic E-state index is 0.550. The van der Waals surface area contributed by atoms with Gasteiger partial charge in [-0.15, -0.1) is 0 Å². The Labute approximate surface area is 123 Å². The van der Waals surface area contributed by atoms with Gasteiger partial charge in [0.05, 0.1) is 17.6 Å². The second-order valence-corrected chi connectivity index (χ2v) is 4.66. The number of benzene rings is 1. The van der Waals surface area contributed by atoms with E-state index in [0.717, 1.165) is 22.7 Å². The maximum atomic E-state index is 5.71. The van der Waals surface area contributed by atoms with Crippen LogP contribution in [0.3, 0.4) is 0 Å². The van der Waals surface area contributed by atoms with Gasteiger partial charge < -0.3 is 10.5 Å². The van der Waals surface area contributed by atoms with Crippen LogP contribution < -0.4 is 10.5 Å². The van der Waals surface area contributed by atoms with E-state index in [1.807, 2.05) is 54.0 Å². The maximum absolute atomic E-state index is 5.71. The van der Waals surface area contributed by atoms with Crippen LogP contribution in [0.15, 0.2) is 42.5 Å². The largest absolute Gasteiger partial charge is 0.478 e. The van der Waals surface area contributed by atoms with E-state index in [2.05, 4.69) is 9.97 Å². The molecule has 2 heterocycles. The number of pyridine rings is 1. The zero-order valence-corrected chi connectivity index (χ0v) is 12.0. The fourth-order valence-electron chi connectivity index (χ4n) is 2.39. The van der Waals surface area contributed by atoms with Crippen molar-refractivity contribution in [2.75, 3.05) is 13.2 Å². The average molecular weight is 282 g/mol. The summed E-state index contributed by atoms with van der Waals surface area (Å²) in [6.07, 6.45) is 0.704. The van der Waals surface area contributed by atoms with Crippen LogP contribution in [0.1, 0.15) is 12.7 Å². The third-order valence-electron chi connectivity index (χ3n) is 3.23. The Morgan fingerprint density at radius 2 is 1.95 bits per heavy atom. The van der Waals surface area contributed by atoms with Crippen molar-refractivity contribution in [3.8, 4) is 11.7 Å². The van der Waals surface area contributed by atoms with Gasteiger partial charge >= 0.3 is 0 Å². The molecule has 0 bridgehead atoms. The zero-order chi connectivity index (χ0) is 14.7. The molecule has 0 fully saturated rings. The maximum Gasteiger partial charge on any atom is 0.215 e. The molecule has 0 saturated carbocycles. The van der Waals surface area contributed by atoms with Crippen molar-refractivity contribution < 1.29 is 4.74 Å². The highest BCUT2D eigenvalue weighted by Gasteiger charge is 2.12. The Bertz CT molecular complexity index is 751. The van der Waals surface area contributed by atoms with Gasteiger partial charge in [-0.05, 0) is 31.7 Å². The molecule has 2 aromatic heterocycles. The molecule has 2 N–H and O–H groups in total. The summed E-state index contributed by atoms with van der Waals surface area (Å²) in [6, 6.07) is 13.8. The van der Waals surface area contributed by atoms with Crippen molar-refractivity contribution in [3.05, 3.63) is 48.3 Å². The summed E-state index contributed by atoms with van der Waals surface area (Å²) in [6.45, 7) is 3.09. The topological polar surface area (TPSA) is 66.0 Å². The van der Waals surface area contributed by atoms with Crippen LogP contribution in [-0.4, -0.2) is 27.7 Å². The Hall–Kier alpha value is -2.40. The summed E-state index contributed by atoms with van der Waals surface area (Å²) in [5.41, 5.74) is 7.69. The number of rotatable bonds is 5. The lowest BCUT2D eigenvalue weighted by molar-refractivity contribution is 0.326. The van der Waals surface area contributed by atoms with E-state index in [-0.39, 0.29) is 0 Å². The summed E-state index contributed by atoms with van der Waals surface area (Å²) in [7, 11) is 0. The molecule has 0 amide bonds. The van der Waals surface area contributed by atoms with E-state index >= 15 is 0 Å². The second-order valence-electron chi connectivity index (χ2n) is 4.66. The Morgan fingerprint density at radius 3 is 2.76 bits per heavy atom. The van der Waals surface area contributed by atoms with Gasteiger partial charge in [0.25, 0.3) is 0 Å². The Balaban J connectivity index is 2.17. The van der Waals surface area contributed by atoms with E-state index in [4.69, 9.17) is 10.5 Å². The number of aromatic nitrogens is 3. The Morgan fingerprint density at radius 1 is 1.10 bits per heavy atom. The van der Waals surface area contributed by atoms with Gasteiger partial charge in [-0.1, -0.05) is 18.2 Å². The highest BCUT2D eigenvalue weighted by Crippen LogP contribution is 2.22. The average Bonchev–Trinajstić information content (AvgIpc) is 2.86. The first-order valence-corrected chi connectivity index (χ1v) is 7.10. The van der Waals surface area contributed by atoms with Gasteiger partial charge in [0.1, 0.15) is 11.6 Å². The summed E-state index contributed by atoms with van der Waals surface area (Å²) in [5, 5.41) is 0. The summed E-state index contributed by atoms with van der Waals surface area (Å²) < 4.78 is 7.53. The third kappa shape index (κ3) is 2.60. The highest BCUT2D eigenvalue weighted by molar-refractivity contribution is 5.77. The molecule has 3 aromatic rings. The molecule has 3 rings (SSSR count). The number of imidazole rings is 1. The molecule has 0 aliphatic carbocycles. The molecular weight excluding hydrogens is 264 g/mol. The van der Waals surface area contributed by atoms with Crippen LogP contribution in [-0.2, 0) is 6.42 Å². The first kappa shape index (κ1) is 13.6. The van der Waals surface area contributed by atoms with Gasteiger partial charge in [-0.3, -0.25) is 4.57 Å². The second kappa shape index (κ2) is 5.93. The molecule has 0 unspecified atom stereocenters. The minimum atomic E-state index is 0.550. The lowest BCUT2D eigenvalue weighted by atomic mass is 10.3. The van der Waals surface area contributed by atoms with Crippen molar-refractivity contribution in [2.45, 2.75) is 13.3 Å². The van der Waals surface area contributed by atoms with Gasteiger partial charge in [-0.2, -0.15) is 4.98 Å². The van der Waals surface area contributed by atoms with E-state index in [0.29, 0.717) is 25.5 Å². The number of fused-ring (bicyclic) bond motifs is 1. The van der Waals surface area contributed by atoms with Crippen molar-refractivity contribution in [3.63, 3.8) is 0 Å². The molecule has 108 valence electrons. The molecular formula is C16H18N4O. The lowest BCUT2D eigenvalue weighted by Crippen LogP contribution is -2.10. The number of hydrogen-bond acceptors (Lipinski definition) is 4. The van der Waals surface area contributed by atoms with Crippen LogP contribution >= 0.6 is 0 Å². The van der Waals surface area contributed by atoms with Gasteiger partial charge in [0.15, 0.2) is 0 Å². The van der Waals surface area contributed by atoms with Crippen molar-refractivity contribution in [1.29, 1.82) is 0 Å². The van der Waals surface area contributed by atoms with Gasteiger partial charge in [0.2, 0.25) is 5.88 Å². The van der Waals surface area contributed by atoms with E-state index in [1.165, 1.54) is 0 Å². The number of ether oxygens (including phenoxy) is 1. The normalized spacial score (nSPS) is 11.0. The molecule has 5 heteroatoms. The molecule has 0 aliphatic rings. The van der Waals surface area contributed by atoms with Gasteiger partial charge in [0, 0.05) is 12.5 Å². The monoisotopic (exact) mass is 282 g/mol. The van der Waals surface area contributed by atoms with E-state index < -0.39 is 0 Å². The first-order valence-electron chi connectivity index (χ1n) is 7.10. The van der Waals surface area contributed by atoms with Crippen LogP contribution in [0, 0.1) is 0 Å². The SMILES string of the molecule is CCOc1cccc(-n2c(CCN)nc3ccccc32)n1.